The highest BCUT2D eigenvalue weighted by Crippen LogP contribution is 2.24. The Balaban J connectivity index is 2.00. The zero-order valence-corrected chi connectivity index (χ0v) is 13.4. The number of aromatic nitrogens is 3. The molecule has 0 aliphatic heterocycles. The molecule has 3 N–H and O–H groups in total. The van der Waals surface area contributed by atoms with Crippen LogP contribution >= 0.6 is 11.8 Å². The van der Waals surface area contributed by atoms with Crippen LogP contribution in [0.5, 0.6) is 0 Å². The first-order valence-corrected chi connectivity index (χ1v) is 7.82. The quantitative estimate of drug-likeness (QED) is 0.724. The maximum Gasteiger partial charge on any atom is 0.321 e. The van der Waals surface area contributed by atoms with E-state index in [1.54, 1.807) is 32.0 Å². The van der Waals surface area contributed by atoms with Crippen molar-refractivity contribution in [2.75, 3.05) is 6.54 Å². The molecule has 23 heavy (non-hydrogen) atoms. The van der Waals surface area contributed by atoms with E-state index in [1.807, 2.05) is 0 Å². The van der Waals surface area contributed by atoms with Crippen molar-refractivity contribution in [2.45, 2.75) is 24.3 Å². The van der Waals surface area contributed by atoms with Gasteiger partial charge in [0.2, 0.25) is 11.1 Å². The van der Waals surface area contributed by atoms with Crippen molar-refractivity contribution in [1.29, 1.82) is 0 Å². The molecule has 0 radical (unpaired) electrons. The van der Waals surface area contributed by atoms with Gasteiger partial charge in [0.15, 0.2) is 5.82 Å². The van der Waals surface area contributed by atoms with E-state index in [-0.39, 0.29) is 5.82 Å². The van der Waals surface area contributed by atoms with Crippen molar-refractivity contribution >= 4 is 23.7 Å². The largest absolute Gasteiger partial charge is 0.338 e. The summed E-state index contributed by atoms with van der Waals surface area (Å²) in [5, 5.41) is 11.0. The Kier molecular flexibility index (Phi) is 5.69. The Morgan fingerprint density at radius 2 is 2.13 bits per heavy atom. The number of amides is 3. The third-order valence-electron chi connectivity index (χ3n) is 2.82. The molecule has 122 valence electrons. The number of nitrogens with zero attached hydrogens (tertiary/aromatic N) is 2. The van der Waals surface area contributed by atoms with E-state index >= 15 is 0 Å². The second-order valence-corrected chi connectivity index (χ2v) is 5.86. The maximum atomic E-state index is 13.7. The van der Waals surface area contributed by atoms with Gasteiger partial charge < -0.3 is 5.32 Å². The molecule has 1 heterocycles. The molecule has 1 atom stereocenters. The van der Waals surface area contributed by atoms with Crippen LogP contribution in [0, 0.1) is 5.82 Å². The van der Waals surface area contributed by atoms with Crippen LogP contribution in [0.25, 0.3) is 11.4 Å². The van der Waals surface area contributed by atoms with Gasteiger partial charge in [0, 0.05) is 6.54 Å². The number of carbonyl (C=O) groups excluding carboxylic acids is 2. The Morgan fingerprint density at radius 3 is 2.83 bits per heavy atom. The molecule has 7 nitrogen and oxygen atoms in total. The summed E-state index contributed by atoms with van der Waals surface area (Å²) in [4.78, 5) is 27.3. The Hall–Kier alpha value is -2.42. The number of H-pyrrole nitrogens is 1. The molecule has 2 rings (SSSR count). The number of imide groups is 1. The number of urea groups is 1. The fourth-order valence-corrected chi connectivity index (χ4v) is 2.43. The molecule has 0 saturated carbocycles. The number of nitrogens with one attached hydrogen (secondary N) is 3. The highest BCUT2D eigenvalue weighted by atomic mass is 32.2. The normalized spacial score (nSPS) is 11.8. The highest BCUT2D eigenvalue weighted by Gasteiger charge is 2.19. The summed E-state index contributed by atoms with van der Waals surface area (Å²) in [7, 11) is 0. The SMILES string of the molecule is CCNC(=O)NC(=O)[C@@H](C)Sc1n[nH]c(-c2ccccc2F)n1. The van der Waals surface area contributed by atoms with E-state index < -0.39 is 23.0 Å². The molecule has 0 aliphatic rings. The first-order chi connectivity index (χ1) is 11.0. The predicted octanol–water partition coefficient (Wildman–Crippen LogP) is 1.94. The summed E-state index contributed by atoms with van der Waals surface area (Å²) in [6.07, 6.45) is 0. The van der Waals surface area contributed by atoms with Gasteiger partial charge in [-0.25, -0.2) is 14.2 Å². The molecule has 0 fully saturated rings. The number of aromatic amines is 1. The topological polar surface area (TPSA) is 99.8 Å². The molecule has 9 heteroatoms. The van der Waals surface area contributed by atoms with E-state index in [0.717, 1.165) is 11.8 Å². The van der Waals surface area contributed by atoms with E-state index in [1.165, 1.54) is 6.07 Å². The average molecular weight is 337 g/mol. The van der Waals surface area contributed by atoms with Gasteiger partial charge >= 0.3 is 6.03 Å². The lowest BCUT2D eigenvalue weighted by atomic mass is 10.2. The van der Waals surface area contributed by atoms with Gasteiger partial charge in [-0.05, 0) is 26.0 Å². The fraction of sp³-hybridized carbons (Fsp3) is 0.286. The number of hydrogen-bond donors (Lipinski definition) is 3. The van der Waals surface area contributed by atoms with Crippen molar-refractivity contribution in [3.8, 4) is 11.4 Å². The Labute approximate surface area is 136 Å². The molecule has 0 saturated heterocycles. The van der Waals surface area contributed by atoms with E-state index in [4.69, 9.17) is 0 Å². The van der Waals surface area contributed by atoms with Gasteiger partial charge in [-0.3, -0.25) is 15.2 Å². The van der Waals surface area contributed by atoms with E-state index in [2.05, 4.69) is 25.8 Å². The molecular weight excluding hydrogens is 321 g/mol. The lowest BCUT2D eigenvalue weighted by molar-refractivity contribution is -0.119. The predicted molar refractivity (Wildman–Crippen MR) is 84.3 cm³/mol. The molecule has 1 aromatic heterocycles. The molecule has 0 aliphatic carbocycles. The minimum absolute atomic E-state index is 0.280. The first kappa shape index (κ1) is 16.9. The van der Waals surface area contributed by atoms with Crippen LogP contribution in [-0.2, 0) is 4.79 Å². The van der Waals surface area contributed by atoms with Gasteiger partial charge in [-0.2, -0.15) is 0 Å². The van der Waals surface area contributed by atoms with E-state index in [9.17, 15) is 14.0 Å². The van der Waals surface area contributed by atoms with Crippen LogP contribution in [0.3, 0.4) is 0 Å². The minimum Gasteiger partial charge on any atom is -0.338 e. The summed E-state index contributed by atoms with van der Waals surface area (Å²) in [6.45, 7) is 3.80. The van der Waals surface area contributed by atoms with Gasteiger partial charge in [0.25, 0.3) is 0 Å². The van der Waals surface area contributed by atoms with Crippen molar-refractivity contribution in [3.05, 3.63) is 30.1 Å². The molecule has 0 bridgehead atoms. The van der Waals surface area contributed by atoms with Crippen LogP contribution in [0.15, 0.2) is 29.4 Å². The molecule has 0 unspecified atom stereocenters. The molecule has 0 spiro atoms. The van der Waals surface area contributed by atoms with Crippen LogP contribution in [0.1, 0.15) is 13.8 Å². The number of hydrogen-bond acceptors (Lipinski definition) is 5. The van der Waals surface area contributed by atoms with Crippen molar-refractivity contribution in [1.82, 2.24) is 25.8 Å². The van der Waals surface area contributed by atoms with Crippen molar-refractivity contribution in [2.24, 2.45) is 0 Å². The monoisotopic (exact) mass is 337 g/mol. The first-order valence-electron chi connectivity index (χ1n) is 6.94. The Bertz CT molecular complexity index is 706. The molecule has 2 aromatic rings. The molecule has 3 amide bonds. The number of rotatable bonds is 5. The van der Waals surface area contributed by atoms with Crippen LogP contribution < -0.4 is 10.6 Å². The summed E-state index contributed by atoms with van der Waals surface area (Å²) in [5.41, 5.74) is 0.297. The Morgan fingerprint density at radius 1 is 1.39 bits per heavy atom. The van der Waals surface area contributed by atoms with Gasteiger partial charge in [-0.15, -0.1) is 5.10 Å². The van der Waals surface area contributed by atoms with Crippen LogP contribution in [-0.4, -0.2) is 38.9 Å². The standard InChI is InChI=1S/C14H16FN5O2S/c1-3-16-13(22)18-12(21)8(2)23-14-17-11(19-20-14)9-6-4-5-7-10(9)15/h4-8H,3H2,1-2H3,(H,17,19,20)(H2,16,18,21,22)/t8-/m1/s1. The third-order valence-corrected chi connectivity index (χ3v) is 3.78. The molecular formula is C14H16FN5O2S. The second kappa shape index (κ2) is 7.73. The summed E-state index contributed by atoms with van der Waals surface area (Å²) < 4.78 is 13.7. The second-order valence-electron chi connectivity index (χ2n) is 4.56. The smallest absolute Gasteiger partial charge is 0.321 e. The highest BCUT2D eigenvalue weighted by molar-refractivity contribution is 8.00. The number of benzene rings is 1. The van der Waals surface area contributed by atoms with E-state index in [0.29, 0.717) is 17.3 Å². The zero-order valence-electron chi connectivity index (χ0n) is 12.6. The van der Waals surface area contributed by atoms with Gasteiger partial charge in [0.1, 0.15) is 5.82 Å². The third kappa shape index (κ3) is 4.52. The van der Waals surface area contributed by atoms with Crippen molar-refractivity contribution < 1.29 is 14.0 Å². The number of halogens is 1. The van der Waals surface area contributed by atoms with Gasteiger partial charge in [0.05, 0.1) is 10.8 Å². The summed E-state index contributed by atoms with van der Waals surface area (Å²) in [6, 6.07) is 5.63. The van der Waals surface area contributed by atoms with Gasteiger partial charge in [-0.1, -0.05) is 23.9 Å². The number of thioether (sulfide) groups is 1. The lowest BCUT2D eigenvalue weighted by Crippen LogP contribution is -2.42. The van der Waals surface area contributed by atoms with Crippen LogP contribution in [0.2, 0.25) is 0 Å². The molecule has 1 aromatic carbocycles. The summed E-state index contributed by atoms with van der Waals surface area (Å²) >= 11 is 1.07. The average Bonchev–Trinajstić information content (AvgIpc) is 2.96. The number of carbonyl (C=O) groups is 2. The maximum absolute atomic E-state index is 13.7. The lowest BCUT2D eigenvalue weighted by Gasteiger charge is -2.09. The summed E-state index contributed by atoms with van der Waals surface area (Å²) in [5.74, 6) is -0.595. The zero-order chi connectivity index (χ0) is 16.8. The van der Waals surface area contributed by atoms with Crippen LogP contribution in [0.4, 0.5) is 9.18 Å². The fourth-order valence-electron chi connectivity index (χ4n) is 1.70. The minimum atomic E-state index is -0.582. The van der Waals surface area contributed by atoms with Crippen molar-refractivity contribution in [3.63, 3.8) is 0 Å².